The second-order valence-electron chi connectivity index (χ2n) is 4.95. The fourth-order valence-electron chi connectivity index (χ4n) is 2.35. The molecule has 0 spiro atoms. The SMILES string of the molecule is CCOC(=O)Nc1nc2c(s1)CN(C(=O)c1ccncc1)CC2. The molecule has 0 saturated heterocycles. The van der Waals surface area contributed by atoms with Crippen molar-refractivity contribution < 1.29 is 14.3 Å². The number of fused-ring (bicyclic) bond motifs is 1. The molecule has 0 atom stereocenters. The zero-order valence-electron chi connectivity index (χ0n) is 12.6. The van der Waals surface area contributed by atoms with Crippen molar-refractivity contribution >= 4 is 28.5 Å². The molecule has 8 heteroatoms. The normalized spacial score (nSPS) is 13.3. The van der Waals surface area contributed by atoms with E-state index in [1.807, 2.05) is 0 Å². The Bertz CT molecular complexity index is 717. The van der Waals surface area contributed by atoms with Crippen molar-refractivity contribution in [2.75, 3.05) is 18.5 Å². The highest BCUT2D eigenvalue weighted by molar-refractivity contribution is 7.15. The fraction of sp³-hybridized carbons (Fsp3) is 0.333. The minimum absolute atomic E-state index is 0.0219. The van der Waals surface area contributed by atoms with Crippen LogP contribution in [0.3, 0.4) is 0 Å². The maximum Gasteiger partial charge on any atom is 0.413 e. The summed E-state index contributed by atoms with van der Waals surface area (Å²) in [5, 5.41) is 3.12. The molecule has 0 aromatic carbocycles. The molecule has 2 aromatic heterocycles. The zero-order valence-corrected chi connectivity index (χ0v) is 13.4. The van der Waals surface area contributed by atoms with Crippen LogP contribution >= 0.6 is 11.3 Å². The van der Waals surface area contributed by atoms with Crippen LogP contribution in [0, 0.1) is 0 Å². The molecule has 7 nitrogen and oxygen atoms in total. The summed E-state index contributed by atoms with van der Waals surface area (Å²) in [5.74, 6) is -0.0219. The molecule has 2 aromatic rings. The number of ether oxygens (including phenoxy) is 1. The minimum Gasteiger partial charge on any atom is -0.450 e. The third kappa shape index (κ3) is 3.48. The van der Waals surface area contributed by atoms with Gasteiger partial charge in [-0.15, -0.1) is 0 Å². The van der Waals surface area contributed by atoms with Crippen LogP contribution in [0.2, 0.25) is 0 Å². The Labute approximate surface area is 137 Å². The molecule has 23 heavy (non-hydrogen) atoms. The van der Waals surface area contributed by atoms with Crippen LogP contribution in [-0.2, 0) is 17.7 Å². The first-order valence-electron chi connectivity index (χ1n) is 7.29. The Morgan fingerprint density at radius 3 is 2.91 bits per heavy atom. The summed E-state index contributed by atoms with van der Waals surface area (Å²) in [6.45, 7) is 3.16. The van der Waals surface area contributed by atoms with Gasteiger partial charge in [0.25, 0.3) is 5.91 Å². The number of carbonyl (C=O) groups is 2. The van der Waals surface area contributed by atoms with Crippen LogP contribution in [0.1, 0.15) is 27.9 Å². The molecule has 0 radical (unpaired) electrons. The van der Waals surface area contributed by atoms with Crippen LogP contribution in [0.25, 0.3) is 0 Å². The molecular weight excluding hydrogens is 316 g/mol. The van der Waals surface area contributed by atoms with E-state index >= 15 is 0 Å². The lowest BCUT2D eigenvalue weighted by atomic mass is 10.1. The Kier molecular flexibility index (Phi) is 4.52. The smallest absolute Gasteiger partial charge is 0.413 e. The molecule has 1 aliphatic rings. The Hall–Kier alpha value is -2.48. The first-order valence-corrected chi connectivity index (χ1v) is 8.10. The van der Waals surface area contributed by atoms with Gasteiger partial charge >= 0.3 is 6.09 Å². The van der Waals surface area contributed by atoms with Gasteiger partial charge in [-0.3, -0.25) is 15.1 Å². The number of hydrogen-bond acceptors (Lipinski definition) is 6. The summed E-state index contributed by atoms with van der Waals surface area (Å²) in [6.07, 6.45) is 3.38. The van der Waals surface area contributed by atoms with Gasteiger partial charge < -0.3 is 9.64 Å². The standard InChI is InChI=1S/C15H16N4O3S/c1-2-22-15(21)18-14-17-11-5-8-19(9-12(11)23-14)13(20)10-3-6-16-7-4-10/h3-4,6-7H,2,5,8-9H2,1H3,(H,17,18,21). The third-order valence-corrected chi connectivity index (χ3v) is 4.43. The summed E-state index contributed by atoms with van der Waals surface area (Å²) >= 11 is 1.38. The summed E-state index contributed by atoms with van der Waals surface area (Å²) in [4.78, 5) is 35.0. The van der Waals surface area contributed by atoms with Crippen molar-refractivity contribution in [2.45, 2.75) is 19.9 Å². The fourth-order valence-corrected chi connectivity index (χ4v) is 3.36. The highest BCUT2D eigenvalue weighted by Gasteiger charge is 2.25. The summed E-state index contributed by atoms with van der Waals surface area (Å²) < 4.78 is 4.84. The lowest BCUT2D eigenvalue weighted by molar-refractivity contribution is 0.0736. The molecule has 0 saturated carbocycles. The van der Waals surface area contributed by atoms with Gasteiger partial charge in [0.05, 0.1) is 18.8 Å². The number of amides is 2. The van der Waals surface area contributed by atoms with Gasteiger partial charge in [-0.05, 0) is 19.1 Å². The van der Waals surface area contributed by atoms with E-state index < -0.39 is 6.09 Å². The maximum absolute atomic E-state index is 12.5. The van der Waals surface area contributed by atoms with Crippen LogP contribution in [0.15, 0.2) is 24.5 Å². The molecule has 2 amide bonds. The van der Waals surface area contributed by atoms with E-state index in [4.69, 9.17) is 4.74 Å². The number of aromatic nitrogens is 2. The molecule has 0 bridgehead atoms. The Balaban J connectivity index is 1.70. The highest BCUT2D eigenvalue weighted by atomic mass is 32.1. The van der Waals surface area contributed by atoms with Crippen molar-refractivity contribution in [2.24, 2.45) is 0 Å². The number of nitrogens with zero attached hydrogens (tertiary/aromatic N) is 3. The lowest BCUT2D eigenvalue weighted by Gasteiger charge is -2.26. The van der Waals surface area contributed by atoms with Gasteiger partial charge in [0.15, 0.2) is 5.13 Å². The number of anilines is 1. The quantitative estimate of drug-likeness (QED) is 0.932. The van der Waals surface area contributed by atoms with Crippen LogP contribution in [0.4, 0.5) is 9.93 Å². The number of pyridine rings is 1. The molecule has 3 rings (SSSR count). The second kappa shape index (κ2) is 6.74. The van der Waals surface area contributed by atoms with E-state index in [1.54, 1.807) is 36.4 Å². The van der Waals surface area contributed by atoms with Crippen molar-refractivity contribution in [3.05, 3.63) is 40.7 Å². The second-order valence-corrected chi connectivity index (χ2v) is 6.03. The summed E-state index contributed by atoms with van der Waals surface area (Å²) in [5.41, 5.74) is 1.55. The largest absolute Gasteiger partial charge is 0.450 e. The molecule has 1 aliphatic heterocycles. The molecular formula is C15H16N4O3S. The van der Waals surface area contributed by atoms with Gasteiger partial charge in [-0.1, -0.05) is 11.3 Å². The average Bonchev–Trinajstić information content (AvgIpc) is 2.96. The van der Waals surface area contributed by atoms with E-state index in [0.717, 1.165) is 10.6 Å². The molecule has 1 N–H and O–H groups in total. The lowest BCUT2D eigenvalue weighted by Crippen LogP contribution is -2.35. The van der Waals surface area contributed by atoms with Gasteiger partial charge in [0, 0.05) is 35.8 Å². The topological polar surface area (TPSA) is 84.4 Å². The molecule has 0 fully saturated rings. The van der Waals surface area contributed by atoms with Crippen LogP contribution in [-0.4, -0.2) is 40.0 Å². The van der Waals surface area contributed by atoms with Gasteiger partial charge in [0.2, 0.25) is 0 Å². The number of carbonyl (C=O) groups excluding carboxylic acids is 2. The van der Waals surface area contributed by atoms with Crippen LogP contribution in [0.5, 0.6) is 0 Å². The third-order valence-electron chi connectivity index (χ3n) is 3.43. The van der Waals surface area contributed by atoms with E-state index in [-0.39, 0.29) is 5.91 Å². The van der Waals surface area contributed by atoms with Crippen molar-refractivity contribution in [3.8, 4) is 0 Å². The Morgan fingerprint density at radius 1 is 1.39 bits per heavy atom. The predicted octanol–water partition coefficient (Wildman–Crippen LogP) is 2.31. The highest BCUT2D eigenvalue weighted by Crippen LogP contribution is 2.29. The van der Waals surface area contributed by atoms with Gasteiger partial charge in [-0.25, -0.2) is 9.78 Å². The first kappa shape index (κ1) is 15.4. The zero-order chi connectivity index (χ0) is 16.2. The molecule has 0 unspecified atom stereocenters. The molecule has 120 valence electrons. The summed E-state index contributed by atoms with van der Waals surface area (Å²) in [6, 6.07) is 3.41. The average molecular weight is 332 g/mol. The Morgan fingerprint density at radius 2 is 2.17 bits per heavy atom. The number of thiazole rings is 1. The monoisotopic (exact) mass is 332 g/mol. The maximum atomic E-state index is 12.5. The summed E-state index contributed by atoms with van der Waals surface area (Å²) in [7, 11) is 0. The predicted molar refractivity (Wildman–Crippen MR) is 85.4 cm³/mol. The number of nitrogens with one attached hydrogen (secondary N) is 1. The van der Waals surface area contributed by atoms with Crippen molar-refractivity contribution in [3.63, 3.8) is 0 Å². The van der Waals surface area contributed by atoms with Gasteiger partial charge in [-0.2, -0.15) is 0 Å². The first-order chi connectivity index (χ1) is 11.2. The van der Waals surface area contributed by atoms with E-state index in [0.29, 0.717) is 36.8 Å². The van der Waals surface area contributed by atoms with Crippen molar-refractivity contribution in [1.82, 2.24) is 14.9 Å². The molecule has 0 aliphatic carbocycles. The van der Waals surface area contributed by atoms with E-state index in [1.165, 1.54) is 11.3 Å². The minimum atomic E-state index is -0.511. The van der Waals surface area contributed by atoms with E-state index in [2.05, 4.69) is 15.3 Å². The molecule has 3 heterocycles. The van der Waals surface area contributed by atoms with E-state index in [9.17, 15) is 9.59 Å². The number of rotatable bonds is 3. The van der Waals surface area contributed by atoms with Gasteiger partial charge in [0.1, 0.15) is 0 Å². The van der Waals surface area contributed by atoms with Crippen molar-refractivity contribution in [1.29, 1.82) is 0 Å². The number of hydrogen-bond donors (Lipinski definition) is 1. The van der Waals surface area contributed by atoms with Crippen LogP contribution < -0.4 is 5.32 Å².